The molecule has 55 heavy (non-hydrogen) atoms. The Morgan fingerprint density at radius 1 is 1.04 bits per heavy atom. The van der Waals surface area contributed by atoms with Crippen molar-refractivity contribution in [1.29, 1.82) is 0 Å². The van der Waals surface area contributed by atoms with Crippen LogP contribution in [0.25, 0.3) is 11.4 Å². The minimum absolute atomic E-state index is 0.0165. The highest BCUT2D eigenvalue weighted by atomic mass is 35.5. The molecule has 1 spiro atoms. The Hall–Kier alpha value is -5.45. The van der Waals surface area contributed by atoms with Crippen molar-refractivity contribution in [3.05, 3.63) is 86.3 Å². The molecule has 3 aliphatic rings. The first kappa shape index (κ1) is 39.2. The third kappa shape index (κ3) is 7.49. The van der Waals surface area contributed by atoms with Crippen molar-refractivity contribution >= 4 is 46.5 Å². The molecule has 292 valence electrons. The Kier molecular flexibility index (Phi) is 11.0. The number of alkyl halides is 3. The molecule has 3 aromatic heterocycles. The highest BCUT2D eigenvalue weighted by Gasteiger charge is 2.46. The summed E-state index contributed by atoms with van der Waals surface area (Å²) in [6.45, 7) is 4.94. The van der Waals surface area contributed by atoms with Crippen molar-refractivity contribution < 1.29 is 32.7 Å². The molecule has 4 amide bonds. The van der Waals surface area contributed by atoms with Crippen LogP contribution >= 0.6 is 11.6 Å². The van der Waals surface area contributed by atoms with Gasteiger partial charge in [0.1, 0.15) is 12.3 Å². The molecule has 7 rings (SSSR count). The van der Waals surface area contributed by atoms with Crippen molar-refractivity contribution in [1.82, 2.24) is 38.8 Å². The Morgan fingerprint density at radius 2 is 1.76 bits per heavy atom. The Balaban J connectivity index is 0.00000253. The largest absolute Gasteiger partial charge is 0.505 e. The molecule has 1 aliphatic carbocycles. The van der Waals surface area contributed by atoms with Crippen LogP contribution in [0.2, 0.25) is 5.02 Å². The first-order valence-electron chi connectivity index (χ1n) is 18.0. The number of pyridine rings is 1. The maximum absolute atomic E-state index is 14.4. The summed E-state index contributed by atoms with van der Waals surface area (Å²) in [6, 6.07) is 5.41. The predicted octanol–water partition coefficient (Wildman–Crippen LogP) is 5.22. The second-order valence-electron chi connectivity index (χ2n) is 13.6. The number of piperidine rings is 1. The predicted molar refractivity (Wildman–Crippen MR) is 198 cm³/mol. The number of urea groups is 1. The van der Waals surface area contributed by atoms with Crippen LogP contribution in [0.4, 0.5) is 23.7 Å². The van der Waals surface area contributed by atoms with Crippen molar-refractivity contribution in [2.75, 3.05) is 45.6 Å². The number of hydrogen-bond acceptors (Lipinski definition) is 8. The third-order valence-corrected chi connectivity index (χ3v) is 10.6. The van der Waals surface area contributed by atoms with E-state index in [4.69, 9.17) is 16.6 Å². The minimum Gasteiger partial charge on any atom is -0.505 e. The molecule has 5 heterocycles. The van der Waals surface area contributed by atoms with Crippen LogP contribution in [-0.2, 0) is 29.4 Å². The van der Waals surface area contributed by atoms with Crippen LogP contribution in [0.3, 0.4) is 0 Å². The molecular weight excluding hydrogens is 743 g/mol. The van der Waals surface area contributed by atoms with E-state index in [9.17, 15) is 37.5 Å². The van der Waals surface area contributed by atoms with Crippen molar-refractivity contribution in [3.8, 4) is 5.75 Å². The summed E-state index contributed by atoms with van der Waals surface area (Å²) < 4.78 is 42.5. The molecule has 0 bridgehead atoms. The zero-order valence-electron chi connectivity index (χ0n) is 30.8. The highest BCUT2D eigenvalue weighted by Crippen LogP contribution is 2.45. The van der Waals surface area contributed by atoms with Crippen molar-refractivity contribution in [3.63, 3.8) is 0 Å². The molecule has 1 fully saturated rings. The second-order valence-corrected chi connectivity index (χ2v) is 14.1. The molecule has 4 aromatic rings. The quantitative estimate of drug-likeness (QED) is 0.279. The number of nitrogens with zero attached hydrogens (tertiary/aromatic N) is 8. The average molecular weight is 784 g/mol. The van der Waals surface area contributed by atoms with Gasteiger partial charge >= 0.3 is 12.2 Å². The summed E-state index contributed by atoms with van der Waals surface area (Å²) in [5, 5.41) is 17.1. The van der Waals surface area contributed by atoms with Crippen LogP contribution < -0.4 is 10.9 Å². The van der Waals surface area contributed by atoms with Gasteiger partial charge in [0, 0.05) is 63.1 Å². The topological polar surface area (TPSA) is 158 Å². The van der Waals surface area contributed by atoms with Gasteiger partial charge in [0.2, 0.25) is 11.7 Å². The summed E-state index contributed by atoms with van der Waals surface area (Å²) in [6.07, 6.45) is 0.888. The number of nitrogens with one attached hydrogen (secondary N) is 1. The number of aromatic hydroxyl groups is 1. The second kappa shape index (κ2) is 15.4. The van der Waals surface area contributed by atoms with Gasteiger partial charge in [-0.25, -0.2) is 9.78 Å². The monoisotopic (exact) mass is 783 g/mol. The molecule has 2 aliphatic heterocycles. The number of benzene rings is 1. The first-order valence-corrected chi connectivity index (χ1v) is 18.3. The van der Waals surface area contributed by atoms with Crippen LogP contribution in [-0.4, -0.2) is 102 Å². The summed E-state index contributed by atoms with van der Waals surface area (Å²) >= 11 is 6.14. The maximum atomic E-state index is 14.4. The van der Waals surface area contributed by atoms with E-state index in [0.29, 0.717) is 56.5 Å². The highest BCUT2D eigenvalue weighted by molar-refractivity contribution is 6.33. The standard InChI is InChI=1S/C35H35ClF3N9O5.C2H6/c1-44(2)33(53)46-14-8-20(9-15-46)29-42-32-47(19-26(50)41-23-6-5-21(18-22(23)36)35(37,38)39)24-7-10-34(27(24)30(51)48(32)43-29)11-16-45(17-12-34)31(52)28-25(49)4-3-13-40-28;1-2/h3-6,8,13,18,49H,7,9-12,14-17,19H2,1-2H3,(H,41,50);1-2H3. The number of halogens is 4. The molecule has 0 saturated carbocycles. The number of amides is 4. The molecule has 2 N–H and O–H groups in total. The van der Waals surface area contributed by atoms with Gasteiger partial charge in [-0.05, 0) is 68.0 Å². The van der Waals surface area contributed by atoms with Crippen molar-refractivity contribution in [2.45, 2.75) is 64.1 Å². The Bertz CT molecular complexity index is 2240. The number of fused-ring (bicyclic) bond motifs is 3. The molecule has 1 saturated heterocycles. The number of rotatable bonds is 5. The van der Waals surface area contributed by atoms with E-state index in [1.165, 1.54) is 27.7 Å². The van der Waals surface area contributed by atoms with Crippen LogP contribution in [0.5, 0.6) is 5.75 Å². The van der Waals surface area contributed by atoms with Gasteiger partial charge in [0.15, 0.2) is 11.5 Å². The minimum atomic E-state index is -4.62. The third-order valence-electron chi connectivity index (χ3n) is 10.2. The Morgan fingerprint density at radius 3 is 2.38 bits per heavy atom. The number of anilines is 1. The fourth-order valence-corrected chi connectivity index (χ4v) is 7.71. The van der Waals surface area contributed by atoms with Crippen LogP contribution in [0.1, 0.15) is 72.7 Å². The van der Waals surface area contributed by atoms with Crippen molar-refractivity contribution in [2.24, 2.45) is 0 Å². The summed E-state index contributed by atoms with van der Waals surface area (Å²) in [4.78, 5) is 67.3. The lowest BCUT2D eigenvalue weighted by Gasteiger charge is -2.39. The summed E-state index contributed by atoms with van der Waals surface area (Å²) in [5.41, 5.74) is -0.302. The average Bonchev–Trinajstić information content (AvgIpc) is 3.78. The van der Waals surface area contributed by atoms with Crippen LogP contribution in [0, 0.1) is 0 Å². The number of aromatic nitrogens is 5. The number of carbonyl (C=O) groups excluding carboxylic acids is 3. The van der Waals surface area contributed by atoms with Gasteiger partial charge in [-0.2, -0.15) is 22.7 Å². The fourth-order valence-electron chi connectivity index (χ4n) is 7.48. The van der Waals surface area contributed by atoms with E-state index in [1.807, 2.05) is 19.9 Å². The number of carbonyl (C=O) groups is 3. The maximum Gasteiger partial charge on any atom is 0.416 e. The van der Waals surface area contributed by atoms with E-state index < -0.39 is 34.5 Å². The smallest absolute Gasteiger partial charge is 0.416 e. The normalized spacial score (nSPS) is 16.3. The van der Waals surface area contributed by atoms with Crippen LogP contribution in [0.15, 0.2) is 47.4 Å². The lowest BCUT2D eigenvalue weighted by atomic mass is 9.74. The summed E-state index contributed by atoms with van der Waals surface area (Å²) in [7, 11) is 3.33. The number of hydrogen-bond donors (Lipinski definition) is 2. The van der Waals surface area contributed by atoms with E-state index in [2.05, 4.69) is 15.4 Å². The molecule has 1 aromatic carbocycles. The SMILES string of the molecule is CC.CN(C)C(=O)N1CC=C(c2nc3n(CC(=O)Nc4ccc(C(F)(F)F)cc4Cl)c4c(c(=O)n3n2)C2(CC4)CCN(C(=O)c3ncccc3O)CC2)CC1. The lowest BCUT2D eigenvalue weighted by Crippen LogP contribution is -2.46. The zero-order valence-corrected chi connectivity index (χ0v) is 31.5. The van der Waals surface area contributed by atoms with E-state index in [1.54, 1.807) is 28.5 Å². The van der Waals surface area contributed by atoms with Gasteiger partial charge in [-0.1, -0.05) is 31.5 Å². The van der Waals surface area contributed by atoms with Gasteiger partial charge in [0.05, 0.1) is 16.3 Å². The van der Waals surface area contributed by atoms with Gasteiger partial charge < -0.3 is 29.7 Å². The fraction of sp³-hybridized carbons (Fsp3) is 0.432. The molecule has 0 radical (unpaired) electrons. The van der Waals surface area contributed by atoms with E-state index in [-0.39, 0.29) is 59.4 Å². The van der Waals surface area contributed by atoms with E-state index in [0.717, 1.165) is 23.8 Å². The van der Waals surface area contributed by atoms with Gasteiger partial charge in [0.25, 0.3) is 11.5 Å². The Labute approximate surface area is 319 Å². The lowest BCUT2D eigenvalue weighted by molar-refractivity contribution is -0.137. The first-order chi connectivity index (χ1) is 26.2. The molecule has 0 atom stereocenters. The molecular formula is C37H41ClF3N9O5. The zero-order chi connectivity index (χ0) is 39.8. The van der Waals surface area contributed by atoms with Gasteiger partial charge in [-0.3, -0.25) is 14.4 Å². The number of likely N-dealkylation sites (tertiary alicyclic amines) is 1. The van der Waals surface area contributed by atoms with Gasteiger partial charge in [-0.15, -0.1) is 5.10 Å². The van der Waals surface area contributed by atoms with E-state index >= 15 is 0 Å². The molecule has 0 unspecified atom stereocenters. The summed E-state index contributed by atoms with van der Waals surface area (Å²) in [5.74, 6) is -0.879. The molecule has 18 heteroatoms. The molecule has 14 nitrogen and oxygen atoms in total.